The Hall–Kier alpha value is -1.10. The Labute approximate surface area is 79.9 Å². The van der Waals surface area contributed by atoms with E-state index in [1.807, 2.05) is 0 Å². The van der Waals surface area contributed by atoms with Gasteiger partial charge >= 0.3 is 6.18 Å². The normalized spacial score (nSPS) is 14.1. The summed E-state index contributed by atoms with van der Waals surface area (Å²) in [5.74, 6) is -0.382. The second-order valence-electron chi connectivity index (χ2n) is 3.07. The van der Waals surface area contributed by atoms with Gasteiger partial charge in [-0.3, -0.25) is 4.98 Å². The van der Waals surface area contributed by atoms with E-state index >= 15 is 0 Å². The number of nitrogens with two attached hydrogens (primary N) is 1. The van der Waals surface area contributed by atoms with Gasteiger partial charge in [-0.2, -0.15) is 13.2 Å². The molecule has 1 aromatic rings. The summed E-state index contributed by atoms with van der Waals surface area (Å²) < 4.78 is 37.4. The standard InChI is InChI=1S/C9H11F3N2/c1-6(5-13)8-7(9(10,11)12)3-2-4-14-8/h2-4,6H,5,13H2,1H3/t6-/m1/s1. The van der Waals surface area contributed by atoms with Gasteiger partial charge in [-0.05, 0) is 12.1 Å². The molecule has 0 bridgehead atoms. The Morgan fingerprint density at radius 2 is 2.14 bits per heavy atom. The van der Waals surface area contributed by atoms with E-state index < -0.39 is 11.7 Å². The molecule has 0 aliphatic carbocycles. The second kappa shape index (κ2) is 3.96. The van der Waals surface area contributed by atoms with Crippen molar-refractivity contribution in [1.82, 2.24) is 4.98 Å². The largest absolute Gasteiger partial charge is 0.418 e. The quantitative estimate of drug-likeness (QED) is 0.801. The number of pyridine rings is 1. The first-order valence-electron chi connectivity index (χ1n) is 4.19. The fourth-order valence-corrected chi connectivity index (χ4v) is 1.16. The number of halogens is 3. The van der Waals surface area contributed by atoms with Crippen LogP contribution in [0.5, 0.6) is 0 Å². The maximum absolute atomic E-state index is 12.5. The summed E-state index contributed by atoms with van der Waals surface area (Å²) >= 11 is 0. The molecule has 14 heavy (non-hydrogen) atoms. The molecule has 1 rings (SSSR count). The first kappa shape index (κ1) is 11.0. The third kappa shape index (κ3) is 2.23. The third-order valence-electron chi connectivity index (χ3n) is 1.96. The smallest absolute Gasteiger partial charge is 0.330 e. The maximum atomic E-state index is 12.5. The highest BCUT2D eigenvalue weighted by molar-refractivity contribution is 5.25. The first-order valence-corrected chi connectivity index (χ1v) is 4.19. The van der Waals surface area contributed by atoms with Gasteiger partial charge in [-0.25, -0.2) is 0 Å². The van der Waals surface area contributed by atoms with Crippen LogP contribution in [0.25, 0.3) is 0 Å². The Balaban J connectivity index is 3.16. The molecule has 0 fully saturated rings. The summed E-state index contributed by atoms with van der Waals surface area (Å²) in [6.45, 7) is 1.78. The minimum atomic E-state index is -4.35. The average Bonchev–Trinajstić information content (AvgIpc) is 2.15. The van der Waals surface area contributed by atoms with Crippen molar-refractivity contribution in [3.8, 4) is 0 Å². The van der Waals surface area contributed by atoms with Crippen LogP contribution in [-0.4, -0.2) is 11.5 Å². The minimum Gasteiger partial charge on any atom is -0.330 e. The van der Waals surface area contributed by atoms with E-state index in [1.54, 1.807) is 6.92 Å². The molecule has 1 aromatic heterocycles. The highest BCUT2D eigenvalue weighted by Gasteiger charge is 2.34. The lowest BCUT2D eigenvalue weighted by molar-refractivity contribution is -0.138. The summed E-state index contributed by atoms with van der Waals surface area (Å²) in [6.07, 6.45) is -3.01. The lowest BCUT2D eigenvalue weighted by Crippen LogP contribution is -2.17. The van der Waals surface area contributed by atoms with E-state index in [2.05, 4.69) is 4.98 Å². The predicted octanol–water partition coefficient (Wildman–Crippen LogP) is 2.16. The van der Waals surface area contributed by atoms with E-state index in [0.717, 1.165) is 6.07 Å². The zero-order valence-electron chi connectivity index (χ0n) is 7.67. The molecule has 0 radical (unpaired) electrons. The van der Waals surface area contributed by atoms with Gasteiger partial charge < -0.3 is 5.73 Å². The van der Waals surface area contributed by atoms with E-state index in [9.17, 15) is 13.2 Å². The van der Waals surface area contributed by atoms with E-state index in [4.69, 9.17) is 5.73 Å². The van der Waals surface area contributed by atoms with Crippen LogP contribution in [-0.2, 0) is 6.18 Å². The number of alkyl halides is 3. The highest BCUT2D eigenvalue weighted by Crippen LogP contribution is 2.33. The molecule has 5 heteroatoms. The van der Waals surface area contributed by atoms with Crippen molar-refractivity contribution in [3.05, 3.63) is 29.6 Å². The average molecular weight is 204 g/mol. The Morgan fingerprint density at radius 3 is 2.64 bits per heavy atom. The monoisotopic (exact) mass is 204 g/mol. The van der Waals surface area contributed by atoms with Crippen LogP contribution < -0.4 is 5.73 Å². The van der Waals surface area contributed by atoms with Crippen LogP contribution in [0, 0.1) is 0 Å². The van der Waals surface area contributed by atoms with Gasteiger partial charge in [0.15, 0.2) is 0 Å². The molecule has 0 saturated heterocycles. The molecule has 0 aromatic carbocycles. The van der Waals surface area contributed by atoms with Gasteiger partial charge in [0.05, 0.1) is 11.3 Å². The van der Waals surface area contributed by atoms with Crippen molar-refractivity contribution in [3.63, 3.8) is 0 Å². The summed E-state index contributed by atoms with van der Waals surface area (Å²) in [5, 5.41) is 0. The van der Waals surface area contributed by atoms with Gasteiger partial charge in [0.2, 0.25) is 0 Å². The predicted molar refractivity (Wildman–Crippen MR) is 46.7 cm³/mol. The molecule has 0 spiro atoms. The van der Waals surface area contributed by atoms with Gasteiger partial charge in [-0.15, -0.1) is 0 Å². The Bertz CT molecular complexity index is 309. The zero-order valence-corrected chi connectivity index (χ0v) is 7.67. The van der Waals surface area contributed by atoms with Crippen LogP contribution in [0.3, 0.4) is 0 Å². The van der Waals surface area contributed by atoms with Crippen LogP contribution >= 0.6 is 0 Å². The summed E-state index contributed by atoms with van der Waals surface area (Å²) in [4.78, 5) is 3.72. The molecule has 2 nitrogen and oxygen atoms in total. The lowest BCUT2D eigenvalue weighted by Gasteiger charge is -2.15. The van der Waals surface area contributed by atoms with E-state index in [0.29, 0.717) is 0 Å². The number of aromatic nitrogens is 1. The second-order valence-corrected chi connectivity index (χ2v) is 3.07. The number of nitrogens with zero attached hydrogens (tertiary/aromatic N) is 1. The van der Waals surface area contributed by atoms with Crippen molar-refractivity contribution in [2.45, 2.75) is 19.0 Å². The molecule has 0 aliphatic heterocycles. The minimum absolute atomic E-state index is 0.0162. The van der Waals surface area contributed by atoms with Crippen LogP contribution in [0.4, 0.5) is 13.2 Å². The Kier molecular flexibility index (Phi) is 3.10. The zero-order chi connectivity index (χ0) is 10.8. The van der Waals surface area contributed by atoms with Crippen molar-refractivity contribution < 1.29 is 13.2 Å². The fourth-order valence-electron chi connectivity index (χ4n) is 1.16. The number of rotatable bonds is 2. The van der Waals surface area contributed by atoms with Crippen molar-refractivity contribution in [1.29, 1.82) is 0 Å². The molecular formula is C9H11F3N2. The summed E-state index contributed by atoms with van der Waals surface area (Å²) in [6, 6.07) is 2.30. The van der Waals surface area contributed by atoms with Gasteiger partial charge in [0.25, 0.3) is 0 Å². The van der Waals surface area contributed by atoms with Gasteiger partial charge in [-0.1, -0.05) is 6.92 Å². The van der Waals surface area contributed by atoms with Gasteiger partial charge in [0, 0.05) is 18.7 Å². The highest BCUT2D eigenvalue weighted by atomic mass is 19.4. The van der Waals surface area contributed by atoms with Crippen LogP contribution in [0.2, 0.25) is 0 Å². The summed E-state index contributed by atoms with van der Waals surface area (Å²) in [7, 11) is 0. The Morgan fingerprint density at radius 1 is 1.50 bits per heavy atom. The number of hydrogen-bond donors (Lipinski definition) is 1. The molecule has 0 amide bonds. The molecule has 1 heterocycles. The summed E-state index contributed by atoms with van der Waals surface area (Å²) in [5.41, 5.74) is 4.63. The molecule has 0 aliphatic rings. The number of hydrogen-bond acceptors (Lipinski definition) is 2. The lowest BCUT2D eigenvalue weighted by atomic mass is 10.0. The molecule has 0 saturated carbocycles. The fraction of sp³-hybridized carbons (Fsp3) is 0.444. The van der Waals surface area contributed by atoms with Crippen molar-refractivity contribution >= 4 is 0 Å². The molecular weight excluding hydrogens is 193 g/mol. The molecule has 78 valence electrons. The SMILES string of the molecule is C[C@H](CN)c1ncccc1C(F)(F)F. The van der Waals surface area contributed by atoms with Crippen LogP contribution in [0.15, 0.2) is 18.3 Å². The van der Waals surface area contributed by atoms with E-state index in [-0.39, 0.29) is 18.2 Å². The van der Waals surface area contributed by atoms with E-state index in [1.165, 1.54) is 12.3 Å². The van der Waals surface area contributed by atoms with Gasteiger partial charge in [0.1, 0.15) is 0 Å². The molecule has 1 atom stereocenters. The maximum Gasteiger partial charge on any atom is 0.418 e. The molecule has 2 N–H and O–H groups in total. The first-order chi connectivity index (χ1) is 6.46. The third-order valence-corrected chi connectivity index (χ3v) is 1.96. The van der Waals surface area contributed by atoms with Crippen molar-refractivity contribution in [2.75, 3.05) is 6.54 Å². The van der Waals surface area contributed by atoms with Crippen LogP contribution in [0.1, 0.15) is 24.1 Å². The van der Waals surface area contributed by atoms with Crippen molar-refractivity contribution in [2.24, 2.45) is 5.73 Å². The molecule has 0 unspecified atom stereocenters. The topological polar surface area (TPSA) is 38.9 Å².